The largest absolute Gasteiger partial charge is 0.417 e. The summed E-state index contributed by atoms with van der Waals surface area (Å²) < 4.78 is 68.8. The van der Waals surface area contributed by atoms with E-state index in [4.69, 9.17) is 0 Å². The molecule has 9 heteroatoms. The monoisotopic (exact) mass is 477 g/mol. The van der Waals surface area contributed by atoms with Crippen LogP contribution in [0.2, 0.25) is 0 Å². The van der Waals surface area contributed by atoms with Crippen LogP contribution in [0.5, 0.6) is 0 Å². The van der Waals surface area contributed by atoms with Gasteiger partial charge in [-0.15, -0.1) is 0 Å². The average molecular weight is 478 g/mol. The third-order valence-electron chi connectivity index (χ3n) is 5.55. The summed E-state index contributed by atoms with van der Waals surface area (Å²) in [6.45, 7) is 7.94. The molecule has 5 nitrogen and oxygen atoms in total. The fourth-order valence-corrected chi connectivity index (χ4v) is 5.88. The average Bonchev–Trinajstić information content (AvgIpc) is 2.79. The number of nitrogens with zero attached hydrogens (tertiary/aromatic N) is 2. The molecular formula is C24H26F3N3O2S. The van der Waals surface area contributed by atoms with Crippen molar-refractivity contribution in [3.05, 3.63) is 83.1 Å². The second-order valence-corrected chi connectivity index (χ2v) is 9.51. The molecule has 0 bridgehead atoms. The minimum absolute atomic E-state index is 0.0548. The number of aliphatic imine (C=N–C) groups is 1. The molecule has 1 aliphatic rings. The van der Waals surface area contributed by atoms with Crippen LogP contribution in [-0.4, -0.2) is 39.1 Å². The van der Waals surface area contributed by atoms with Crippen molar-refractivity contribution in [2.45, 2.75) is 31.0 Å². The van der Waals surface area contributed by atoms with E-state index in [-0.39, 0.29) is 13.1 Å². The lowest BCUT2D eigenvalue weighted by Crippen LogP contribution is -2.48. The fraction of sp³-hybridized carbons (Fsp3) is 0.292. The van der Waals surface area contributed by atoms with Crippen molar-refractivity contribution >= 4 is 22.3 Å². The smallest absolute Gasteiger partial charge is 0.313 e. The number of nitrogens with one attached hydrogen (secondary N) is 1. The number of benzene rings is 2. The highest BCUT2D eigenvalue weighted by molar-refractivity contribution is 7.89. The van der Waals surface area contributed by atoms with Gasteiger partial charge in [-0.1, -0.05) is 36.4 Å². The Labute approximate surface area is 192 Å². The Morgan fingerprint density at radius 1 is 1.21 bits per heavy atom. The van der Waals surface area contributed by atoms with E-state index in [2.05, 4.69) is 17.0 Å². The lowest BCUT2D eigenvalue weighted by Gasteiger charge is -2.36. The highest BCUT2D eigenvalue weighted by atomic mass is 32.2. The number of hydrogen-bond donors (Lipinski definition) is 1. The van der Waals surface area contributed by atoms with E-state index in [0.29, 0.717) is 12.1 Å². The van der Waals surface area contributed by atoms with E-state index < -0.39 is 32.7 Å². The van der Waals surface area contributed by atoms with Crippen molar-refractivity contribution < 1.29 is 21.6 Å². The SMILES string of the molecule is C=N/C=C(C)\C(=C/C)c1cccc(C2CNCCN2S(=O)(=O)c2ccccc2C(F)(F)F)c1. The zero-order chi connectivity index (χ0) is 24.2. The first-order valence-corrected chi connectivity index (χ1v) is 11.8. The second kappa shape index (κ2) is 10.0. The summed E-state index contributed by atoms with van der Waals surface area (Å²) in [5.74, 6) is 0. The molecule has 3 rings (SSSR count). The number of sulfonamides is 1. The van der Waals surface area contributed by atoms with Crippen molar-refractivity contribution in [2.75, 3.05) is 19.6 Å². The van der Waals surface area contributed by atoms with Gasteiger partial charge in [-0.2, -0.15) is 17.5 Å². The molecule has 0 aliphatic carbocycles. The van der Waals surface area contributed by atoms with Crippen LogP contribution in [0.4, 0.5) is 13.2 Å². The van der Waals surface area contributed by atoms with Crippen LogP contribution in [0.25, 0.3) is 5.57 Å². The van der Waals surface area contributed by atoms with E-state index in [1.165, 1.54) is 12.1 Å². The summed E-state index contributed by atoms with van der Waals surface area (Å²) in [7, 11) is -4.41. The molecule has 176 valence electrons. The van der Waals surface area contributed by atoms with Gasteiger partial charge in [0.15, 0.2) is 0 Å². The van der Waals surface area contributed by atoms with E-state index >= 15 is 0 Å². The van der Waals surface area contributed by atoms with Crippen LogP contribution < -0.4 is 5.32 Å². The molecule has 0 aromatic heterocycles. The molecule has 1 unspecified atom stereocenters. The minimum Gasteiger partial charge on any atom is -0.313 e. The van der Waals surface area contributed by atoms with Gasteiger partial charge in [0, 0.05) is 25.8 Å². The first-order chi connectivity index (χ1) is 15.6. The predicted molar refractivity (Wildman–Crippen MR) is 124 cm³/mol. The Hall–Kier alpha value is -2.75. The molecule has 0 saturated carbocycles. The van der Waals surface area contributed by atoms with Gasteiger partial charge in [0.25, 0.3) is 0 Å². The molecule has 2 aromatic rings. The summed E-state index contributed by atoms with van der Waals surface area (Å²) in [5.41, 5.74) is 2.17. The van der Waals surface area contributed by atoms with E-state index in [0.717, 1.165) is 33.1 Å². The second-order valence-electron chi connectivity index (χ2n) is 7.65. The molecule has 1 aliphatic heterocycles. The quantitative estimate of drug-likeness (QED) is 0.468. The maximum absolute atomic E-state index is 13.6. The maximum atomic E-state index is 13.6. The third-order valence-corrected chi connectivity index (χ3v) is 7.52. The lowest BCUT2D eigenvalue weighted by molar-refractivity contribution is -0.139. The Kier molecular flexibility index (Phi) is 7.56. The fourth-order valence-electron chi connectivity index (χ4n) is 4.05. The standard InChI is InChI=1S/C24H26F3N3O2S/c1-4-20(17(2)15-28-3)18-8-7-9-19(14-18)22-16-29-12-13-30(22)33(31,32)23-11-6-5-10-21(23)24(25,26)27/h4-11,14-15,22,29H,3,12-13,16H2,1-2H3/b17-15-,20-4+. The summed E-state index contributed by atoms with van der Waals surface area (Å²) in [4.78, 5) is 3.07. The minimum atomic E-state index is -4.78. The normalized spacial score (nSPS) is 18.9. The van der Waals surface area contributed by atoms with Gasteiger partial charge in [0.2, 0.25) is 10.0 Å². The van der Waals surface area contributed by atoms with Crippen molar-refractivity contribution in [3.8, 4) is 0 Å². The molecule has 2 aromatic carbocycles. The highest BCUT2D eigenvalue weighted by Gasteiger charge is 2.41. The number of alkyl halides is 3. The molecule has 33 heavy (non-hydrogen) atoms. The van der Waals surface area contributed by atoms with E-state index in [9.17, 15) is 21.6 Å². The first-order valence-electron chi connectivity index (χ1n) is 10.4. The van der Waals surface area contributed by atoms with Crippen LogP contribution in [0.1, 0.15) is 36.6 Å². The van der Waals surface area contributed by atoms with Crippen molar-refractivity contribution in [1.29, 1.82) is 0 Å². The molecule has 0 amide bonds. The van der Waals surface area contributed by atoms with Crippen molar-refractivity contribution in [1.82, 2.24) is 9.62 Å². The van der Waals surface area contributed by atoms with Gasteiger partial charge >= 0.3 is 6.18 Å². The van der Waals surface area contributed by atoms with Gasteiger partial charge < -0.3 is 5.32 Å². The number of piperazine rings is 1. The number of halogens is 3. The lowest BCUT2D eigenvalue weighted by atomic mass is 9.95. The highest BCUT2D eigenvalue weighted by Crippen LogP contribution is 2.38. The molecule has 0 radical (unpaired) electrons. The van der Waals surface area contributed by atoms with Gasteiger partial charge in [-0.3, -0.25) is 4.99 Å². The van der Waals surface area contributed by atoms with Crippen LogP contribution in [0.3, 0.4) is 0 Å². The van der Waals surface area contributed by atoms with Crippen molar-refractivity contribution in [3.63, 3.8) is 0 Å². The predicted octanol–water partition coefficient (Wildman–Crippen LogP) is 5.05. The summed E-state index contributed by atoms with van der Waals surface area (Å²) in [6.07, 6.45) is -1.23. The van der Waals surface area contributed by atoms with Crippen LogP contribution >= 0.6 is 0 Å². The molecule has 0 spiro atoms. The van der Waals surface area contributed by atoms with E-state index in [1.807, 2.05) is 38.1 Å². The summed E-state index contributed by atoms with van der Waals surface area (Å²) in [6, 6.07) is 11.0. The Morgan fingerprint density at radius 2 is 1.94 bits per heavy atom. The summed E-state index contributed by atoms with van der Waals surface area (Å²) in [5, 5.41) is 3.16. The molecular weight excluding hydrogens is 451 g/mol. The summed E-state index contributed by atoms with van der Waals surface area (Å²) >= 11 is 0. The number of hydrogen-bond acceptors (Lipinski definition) is 4. The Balaban J connectivity index is 2.07. The molecule has 1 fully saturated rings. The molecule has 1 saturated heterocycles. The Morgan fingerprint density at radius 3 is 2.61 bits per heavy atom. The number of allylic oxidation sites excluding steroid dienone is 3. The van der Waals surface area contributed by atoms with Gasteiger partial charge in [-0.05, 0) is 61.0 Å². The van der Waals surface area contributed by atoms with Crippen LogP contribution in [0.15, 0.2) is 76.3 Å². The molecule has 1 N–H and O–H groups in total. The van der Waals surface area contributed by atoms with Gasteiger partial charge in [0.1, 0.15) is 0 Å². The first kappa shape index (κ1) is 24.9. The number of rotatable bonds is 6. The maximum Gasteiger partial charge on any atom is 0.417 e. The zero-order valence-corrected chi connectivity index (χ0v) is 19.2. The van der Waals surface area contributed by atoms with Crippen LogP contribution in [0, 0.1) is 0 Å². The topological polar surface area (TPSA) is 61.8 Å². The van der Waals surface area contributed by atoms with Gasteiger partial charge in [0.05, 0.1) is 16.5 Å². The van der Waals surface area contributed by atoms with Crippen molar-refractivity contribution in [2.24, 2.45) is 4.99 Å². The molecule has 1 heterocycles. The van der Waals surface area contributed by atoms with Crippen LogP contribution in [-0.2, 0) is 16.2 Å². The zero-order valence-electron chi connectivity index (χ0n) is 18.4. The third kappa shape index (κ3) is 5.26. The molecule has 1 atom stereocenters. The van der Waals surface area contributed by atoms with E-state index in [1.54, 1.807) is 12.3 Å². The van der Waals surface area contributed by atoms with Gasteiger partial charge in [-0.25, -0.2) is 8.42 Å². The Bertz CT molecular complexity index is 1190.